The minimum absolute atomic E-state index is 0.138. The third-order valence-corrected chi connectivity index (χ3v) is 1.83. The van der Waals surface area contributed by atoms with E-state index in [1.54, 1.807) is 13.8 Å². The second kappa shape index (κ2) is 6.37. The van der Waals surface area contributed by atoms with E-state index in [0.717, 1.165) is 0 Å². The zero-order chi connectivity index (χ0) is 11.1. The number of rotatable bonds is 4. The van der Waals surface area contributed by atoms with Crippen LogP contribution in [0.4, 0.5) is 0 Å². The summed E-state index contributed by atoms with van der Waals surface area (Å²) < 4.78 is 0. The second-order valence-electron chi connectivity index (χ2n) is 2.97. The van der Waals surface area contributed by atoms with E-state index in [0.29, 0.717) is 6.42 Å². The second-order valence-corrected chi connectivity index (χ2v) is 2.97. The molecule has 14 heavy (non-hydrogen) atoms. The number of aliphatic hydroxyl groups excluding tert-OH is 1. The molecule has 0 amide bonds. The predicted molar refractivity (Wildman–Crippen MR) is 47.9 cm³/mol. The average molecular weight is 204 g/mol. The van der Waals surface area contributed by atoms with E-state index in [2.05, 4.69) is 9.78 Å². The van der Waals surface area contributed by atoms with E-state index in [-0.39, 0.29) is 6.42 Å². The molecule has 0 fully saturated rings. The van der Waals surface area contributed by atoms with E-state index < -0.39 is 24.0 Å². The molecule has 0 aliphatic rings. The molecule has 2 atom stereocenters. The summed E-state index contributed by atoms with van der Waals surface area (Å²) in [4.78, 5) is 30.3. The van der Waals surface area contributed by atoms with Gasteiger partial charge in [0.2, 0.25) is 0 Å². The van der Waals surface area contributed by atoms with Gasteiger partial charge >= 0.3 is 11.9 Å². The summed E-state index contributed by atoms with van der Waals surface area (Å²) in [5.41, 5.74) is 0. The predicted octanol–water partition coefficient (Wildman–Crippen LogP) is 0.805. The lowest BCUT2D eigenvalue weighted by Gasteiger charge is -2.14. The lowest BCUT2D eigenvalue weighted by Crippen LogP contribution is -2.27. The summed E-state index contributed by atoms with van der Waals surface area (Å²) in [6.07, 6.45) is -0.244. The fraction of sp³-hybridized carbons (Fsp3) is 0.778. The Hall–Kier alpha value is -1.10. The van der Waals surface area contributed by atoms with Gasteiger partial charge in [0, 0.05) is 6.42 Å². The van der Waals surface area contributed by atoms with Gasteiger partial charge in [-0.15, -0.1) is 0 Å². The highest BCUT2D eigenvalue weighted by molar-refractivity contribution is 5.74. The molecule has 0 spiro atoms. The summed E-state index contributed by atoms with van der Waals surface area (Å²) >= 11 is 0. The van der Waals surface area contributed by atoms with Crippen LogP contribution in [-0.2, 0) is 19.4 Å². The molecule has 0 heterocycles. The number of carbonyl (C=O) groups excluding carboxylic acids is 2. The maximum absolute atomic E-state index is 11.2. The Kier molecular flexibility index (Phi) is 5.87. The number of hydrogen-bond donors (Lipinski definition) is 1. The molecule has 0 aromatic heterocycles. The summed E-state index contributed by atoms with van der Waals surface area (Å²) in [7, 11) is 0. The summed E-state index contributed by atoms with van der Waals surface area (Å²) in [6, 6.07) is 0. The smallest absolute Gasteiger partial charge is 0.361 e. The Morgan fingerprint density at radius 3 is 2.21 bits per heavy atom. The molecule has 0 rings (SSSR count). The first-order chi connectivity index (χ1) is 6.52. The highest BCUT2D eigenvalue weighted by Gasteiger charge is 2.25. The molecule has 1 N–H and O–H groups in total. The Labute approximate surface area is 82.9 Å². The van der Waals surface area contributed by atoms with Gasteiger partial charge in [-0.1, -0.05) is 13.8 Å². The van der Waals surface area contributed by atoms with Gasteiger partial charge in [-0.2, -0.15) is 0 Å². The summed E-state index contributed by atoms with van der Waals surface area (Å²) in [6.45, 7) is 4.81. The number of aliphatic hydroxyl groups is 1. The highest BCUT2D eigenvalue weighted by atomic mass is 17.2. The molecule has 0 aliphatic carbocycles. The van der Waals surface area contributed by atoms with Crippen molar-refractivity contribution in [1.82, 2.24) is 0 Å². The van der Waals surface area contributed by atoms with Crippen LogP contribution in [0.5, 0.6) is 0 Å². The molecule has 2 unspecified atom stereocenters. The number of carbonyl (C=O) groups is 2. The third kappa shape index (κ3) is 4.23. The molecule has 0 saturated carbocycles. The molecular weight excluding hydrogens is 188 g/mol. The molecule has 0 aromatic rings. The molecule has 0 radical (unpaired) electrons. The SMILES string of the molecule is CCC(=O)OOC(=O)C(CC)C(C)O. The molecule has 5 heteroatoms. The highest BCUT2D eigenvalue weighted by Crippen LogP contribution is 2.10. The van der Waals surface area contributed by atoms with Gasteiger partial charge in [0.1, 0.15) is 0 Å². The van der Waals surface area contributed by atoms with E-state index >= 15 is 0 Å². The molecular formula is C9H16O5. The molecule has 0 aliphatic heterocycles. The summed E-state index contributed by atoms with van der Waals surface area (Å²) in [5, 5.41) is 9.16. The Balaban J connectivity index is 3.99. The minimum Gasteiger partial charge on any atom is -0.393 e. The molecule has 5 nitrogen and oxygen atoms in total. The Bertz CT molecular complexity index is 199. The maximum atomic E-state index is 11.2. The van der Waals surface area contributed by atoms with Crippen LogP contribution in [-0.4, -0.2) is 23.1 Å². The van der Waals surface area contributed by atoms with Crippen LogP contribution in [0.1, 0.15) is 33.6 Å². The van der Waals surface area contributed by atoms with E-state index in [1.807, 2.05) is 0 Å². The van der Waals surface area contributed by atoms with Crippen LogP contribution in [0.2, 0.25) is 0 Å². The van der Waals surface area contributed by atoms with Crippen molar-refractivity contribution in [1.29, 1.82) is 0 Å². The van der Waals surface area contributed by atoms with Crippen molar-refractivity contribution in [2.24, 2.45) is 5.92 Å². The van der Waals surface area contributed by atoms with Gasteiger partial charge in [0.05, 0.1) is 12.0 Å². The fourth-order valence-corrected chi connectivity index (χ4v) is 0.913. The lowest BCUT2D eigenvalue weighted by molar-refractivity contribution is -0.263. The monoisotopic (exact) mass is 204 g/mol. The van der Waals surface area contributed by atoms with E-state index in [9.17, 15) is 9.59 Å². The van der Waals surface area contributed by atoms with Gasteiger partial charge in [0.25, 0.3) is 0 Å². The topological polar surface area (TPSA) is 72.8 Å². The van der Waals surface area contributed by atoms with Gasteiger partial charge in [0.15, 0.2) is 0 Å². The van der Waals surface area contributed by atoms with Crippen LogP contribution in [0, 0.1) is 5.92 Å². The van der Waals surface area contributed by atoms with Crippen molar-refractivity contribution >= 4 is 11.9 Å². The molecule has 0 saturated heterocycles. The fourth-order valence-electron chi connectivity index (χ4n) is 0.913. The van der Waals surface area contributed by atoms with E-state index in [4.69, 9.17) is 5.11 Å². The van der Waals surface area contributed by atoms with Gasteiger partial charge in [-0.3, -0.25) is 0 Å². The van der Waals surface area contributed by atoms with Crippen LogP contribution in [0.3, 0.4) is 0 Å². The van der Waals surface area contributed by atoms with Crippen molar-refractivity contribution < 1.29 is 24.5 Å². The van der Waals surface area contributed by atoms with Crippen LogP contribution in [0.15, 0.2) is 0 Å². The van der Waals surface area contributed by atoms with Crippen molar-refractivity contribution in [2.45, 2.75) is 39.7 Å². The Morgan fingerprint density at radius 1 is 1.29 bits per heavy atom. The molecule has 82 valence electrons. The van der Waals surface area contributed by atoms with Crippen molar-refractivity contribution in [2.75, 3.05) is 0 Å². The standard InChI is InChI=1S/C9H16O5/c1-4-7(6(3)10)9(12)14-13-8(11)5-2/h6-7,10H,4-5H2,1-3H3. The van der Waals surface area contributed by atoms with Gasteiger partial charge < -0.3 is 5.11 Å². The number of hydrogen-bond acceptors (Lipinski definition) is 5. The van der Waals surface area contributed by atoms with Crippen molar-refractivity contribution in [3.05, 3.63) is 0 Å². The molecule has 0 aromatic carbocycles. The quantitative estimate of drug-likeness (QED) is 0.541. The Morgan fingerprint density at radius 2 is 1.86 bits per heavy atom. The summed E-state index contributed by atoms with van der Waals surface area (Å²) in [5.74, 6) is -1.98. The first kappa shape index (κ1) is 12.9. The van der Waals surface area contributed by atoms with Crippen LogP contribution < -0.4 is 0 Å². The average Bonchev–Trinajstić information content (AvgIpc) is 2.14. The maximum Gasteiger partial charge on any atom is 0.361 e. The lowest BCUT2D eigenvalue weighted by atomic mass is 10.0. The van der Waals surface area contributed by atoms with Gasteiger partial charge in [-0.05, 0) is 13.3 Å². The van der Waals surface area contributed by atoms with Crippen LogP contribution >= 0.6 is 0 Å². The zero-order valence-corrected chi connectivity index (χ0v) is 8.65. The van der Waals surface area contributed by atoms with Gasteiger partial charge in [-0.25, -0.2) is 19.4 Å². The normalized spacial score (nSPS) is 14.3. The van der Waals surface area contributed by atoms with Crippen molar-refractivity contribution in [3.8, 4) is 0 Å². The zero-order valence-electron chi connectivity index (χ0n) is 8.65. The largest absolute Gasteiger partial charge is 0.393 e. The third-order valence-electron chi connectivity index (χ3n) is 1.83. The minimum atomic E-state index is -0.812. The van der Waals surface area contributed by atoms with E-state index in [1.165, 1.54) is 6.92 Å². The first-order valence-corrected chi connectivity index (χ1v) is 4.62. The van der Waals surface area contributed by atoms with Crippen LogP contribution in [0.25, 0.3) is 0 Å². The van der Waals surface area contributed by atoms with Crippen molar-refractivity contribution in [3.63, 3.8) is 0 Å². The first-order valence-electron chi connectivity index (χ1n) is 4.62. The molecule has 0 bridgehead atoms.